The highest BCUT2D eigenvalue weighted by atomic mass is 16.5. The predicted octanol–water partition coefficient (Wildman–Crippen LogP) is 1.16. The van der Waals surface area contributed by atoms with Crippen LogP contribution >= 0.6 is 0 Å². The fraction of sp³-hybridized carbons (Fsp3) is 0.923. The Morgan fingerprint density at radius 1 is 1.41 bits per heavy atom. The Bertz CT molecular complexity index is 246. The number of rotatable bonds is 4. The average molecular weight is 240 g/mol. The van der Waals surface area contributed by atoms with E-state index in [1.54, 1.807) is 0 Å². The van der Waals surface area contributed by atoms with Crippen LogP contribution in [0.15, 0.2) is 0 Å². The standard InChI is InChI=1S/C13H24N2O2/c1-15(11-7-8-14-10-11)13(16)6-5-12-4-2-3-9-17-12/h11-12,14H,2-10H2,1H3. The minimum atomic E-state index is 0.271. The van der Waals surface area contributed by atoms with Gasteiger partial charge in [-0.3, -0.25) is 4.79 Å². The smallest absolute Gasteiger partial charge is 0.222 e. The van der Waals surface area contributed by atoms with Crippen molar-refractivity contribution in [2.24, 2.45) is 0 Å². The first-order valence-corrected chi connectivity index (χ1v) is 6.85. The molecule has 17 heavy (non-hydrogen) atoms. The summed E-state index contributed by atoms with van der Waals surface area (Å²) in [5.41, 5.74) is 0. The molecule has 2 saturated heterocycles. The number of nitrogens with zero attached hydrogens (tertiary/aromatic N) is 1. The van der Waals surface area contributed by atoms with E-state index in [1.807, 2.05) is 11.9 Å². The molecule has 2 rings (SSSR count). The highest BCUT2D eigenvalue weighted by Crippen LogP contribution is 2.18. The van der Waals surface area contributed by atoms with Crippen LogP contribution < -0.4 is 5.32 Å². The topological polar surface area (TPSA) is 41.6 Å². The van der Waals surface area contributed by atoms with Crippen molar-refractivity contribution in [2.45, 2.75) is 50.7 Å². The normalized spacial score (nSPS) is 29.2. The Balaban J connectivity index is 1.68. The third-order valence-corrected chi connectivity index (χ3v) is 3.93. The molecule has 0 aromatic carbocycles. The predicted molar refractivity (Wildman–Crippen MR) is 66.9 cm³/mol. The summed E-state index contributed by atoms with van der Waals surface area (Å²) in [6, 6.07) is 0.398. The van der Waals surface area contributed by atoms with Gasteiger partial charge >= 0.3 is 0 Å². The fourth-order valence-electron chi connectivity index (χ4n) is 2.67. The molecular formula is C13H24N2O2. The molecular weight excluding hydrogens is 216 g/mol. The second-order valence-corrected chi connectivity index (χ2v) is 5.18. The van der Waals surface area contributed by atoms with Crippen LogP contribution in [0, 0.1) is 0 Å². The maximum atomic E-state index is 12.0. The van der Waals surface area contributed by atoms with Gasteiger partial charge in [-0.25, -0.2) is 0 Å². The molecule has 4 nitrogen and oxygen atoms in total. The highest BCUT2D eigenvalue weighted by molar-refractivity contribution is 5.76. The molecule has 4 heteroatoms. The van der Waals surface area contributed by atoms with Gasteiger partial charge in [-0.05, 0) is 38.6 Å². The van der Waals surface area contributed by atoms with Crippen LogP contribution in [-0.4, -0.2) is 49.7 Å². The first-order chi connectivity index (χ1) is 8.27. The van der Waals surface area contributed by atoms with Gasteiger partial charge in [-0.1, -0.05) is 0 Å². The summed E-state index contributed by atoms with van der Waals surface area (Å²) >= 11 is 0. The molecule has 2 aliphatic rings. The van der Waals surface area contributed by atoms with Crippen LogP contribution in [0.2, 0.25) is 0 Å². The lowest BCUT2D eigenvalue weighted by molar-refractivity contribution is -0.132. The summed E-state index contributed by atoms with van der Waals surface area (Å²) in [5.74, 6) is 0.271. The van der Waals surface area contributed by atoms with Gasteiger partial charge in [0, 0.05) is 32.7 Å². The summed E-state index contributed by atoms with van der Waals surface area (Å²) in [7, 11) is 1.93. The largest absolute Gasteiger partial charge is 0.378 e. The van der Waals surface area contributed by atoms with E-state index >= 15 is 0 Å². The first-order valence-electron chi connectivity index (χ1n) is 6.85. The molecule has 0 aromatic heterocycles. The van der Waals surface area contributed by atoms with Crippen molar-refractivity contribution >= 4 is 5.91 Å². The molecule has 1 amide bonds. The molecule has 0 aromatic rings. The van der Waals surface area contributed by atoms with Gasteiger partial charge in [0.25, 0.3) is 0 Å². The van der Waals surface area contributed by atoms with Crippen LogP contribution in [0.1, 0.15) is 38.5 Å². The monoisotopic (exact) mass is 240 g/mol. The Hall–Kier alpha value is -0.610. The molecule has 0 bridgehead atoms. The Labute approximate surface area is 104 Å². The Morgan fingerprint density at radius 3 is 2.94 bits per heavy atom. The number of hydrogen-bond acceptors (Lipinski definition) is 3. The maximum Gasteiger partial charge on any atom is 0.222 e. The maximum absolute atomic E-state index is 12.0. The molecule has 2 heterocycles. The lowest BCUT2D eigenvalue weighted by Gasteiger charge is -2.26. The van der Waals surface area contributed by atoms with Crippen LogP contribution in [-0.2, 0) is 9.53 Å². The second kappa shape index (κ2) is 6.36. The number of amides is 1. The van der Waals surface area contributed by atoms with Crippen molar-refractivity contribution in [1.29, 1.82) is 0 Å². The van der Waals surface area contributed by atoms with Crippen LogP contribution in [0.3, 0.4) is 0 Å². The third-order valence-electron chi connectivity index (χ3n) is 3.93. The van der Waals surface area contributed by atoms with E-state index in [1.165, 1.54) is 12.8 Å². The van der Waals surface area contributed by atoms with Crippen molar-refractivity contribution in [2.75, 3.05) is 26.7 Å². The molecule has 0 radical (unpaired) electrons. The summed E-state index contributed by atoms with van der Waals surface area (Å²) in [6.07, 6.45) is 6.49. The van der Waals surface area contributed by atoms with Crippen molar-refractivity contribution < 1.29 is 9.53 Å². The van der Waals surface area contributed by atoms with Crippen LogP contribution in [0.4, 0.5) is 0 Å². The highest BCUT2D eigenvalue weighted by Gasteiger charge is 2.24. The van der Waals surface area contributed by atoms with Gasteiger partial charge < -0.3 is 15.0 Å². The molecule has 0 spiro atoms. The molecule has 0 saturated carbocycles. The van der Waals surface area contributed by atoms with Gasteiger partial charge in [-0.15, -0.1) is 0 Å². The molecule has 0 aliphatic carbocycles. The summed E-state index contributed by atoms with van der Waals surface area (Å²) < 4.78 is 5.65. The van der Waals surface area contributed by atoms with Crippen molar-refractivity contribution in [1.82, 2.24) is 10.2 Å². The van der Waals surface area contributed by atoms with Crippen LogP contribution in [0.25, 0.3) is 0 Å². The SMILES string of the molecule is CN(C(=O)CCC1CCCCO1)C1CCNC1. The lowest BCUT2D eigenvalue weighted by atomic mass is 10.0. The zero-order chi connectivity index (χ0) is 12.1. The Morgan fingerprint density at radius 2 is 2.29 bits per heavy atom. The quantitative estimate of drug-likeness (QED) is 0.801. The molecule has 98 valence electrons. The molecule has 1 N–H and O–H groups in total. The molecule has 2 aliphatic heterocycles. The van der Waals surface area contributed by atoms with E-state index in [0.717, 1.165) is 39.0 Å². The first kappa shape index (κ1) is 12.8. The number of nitrogens with one attached hydrogen (secondary N) is 1. The zero-order valence-corrected chi connectivity index (χ0v) is 10.8. The third kappa shape index (κ3) is 3.68. The average Bonchev–Trinajstić information content (AvgIpc) is 2.90. The van der Waals surface area contributed by atoms with E-state index in [2.05, 4.69) is 5.32 Å². The summed E-state index contributed by atoms with van der Waals surface area (Å²) in [6.45, 7) is 2.86. The Kier molecular flexibility index (Phi) is 4.80. The van der Waals surface area contributed by atoms with Crippen molar-refractivity contribution in [3.8, 4) is 0 Å². The second-order valence-electron chi connectivity index (χ2n) is 5.18. The fourth-order valence-corrected chi connectivity index (χ4v) is 2.67. The van der Waals surface area contributed by atoms with E-state index < -0.39 is 0 Å². The molecule has 2 fully saturated rings. The number of hydrogen-bond donors (Lipinski definition) is 1. The minimum absolute atomic E-state index is 0.271. The van der Waals surface area contributed by atoms with E-state index in [4.69, 9.17) is 4.74 Å². The number of carbonyl (C=O) groups excluding carboxylic acids is 1. The lowest BCUT2D eigenvalue weighted by Crippen LogP contribution is -2.38. The van der Waals surface area contributed by atoms with Gasteiger partial charge in [0.15, 0.2) is 0 Å². The van der Waals surface area contributed by atoms with E-state index in [0.29, 0.717) is 18.6 Å². The van der Waals surface area contributed by atoms with Crippen LogP contribution in [0.5, 0.6) is 0 Å². The zero-order valence-electron chi connectivity index (χ0n) is 10.8. The van der Waals surface area contributed by atoms with Gasteiger partial charge in [-0.2, -0.15) is 0 Å². The number of ether oxygens (including phenoxy) is 1. The van der Waals surface area contributed by atoms with Crippen molar-refractivity contribution in [3.05, 3.63) is 0 Å². The van der Waals surface area contributed by atoms with Gasteiger partial charge in [0.05, 0.1) is 6.10 Å². The summed E-state index contributed by atoms with van der Waals surface area (Å²) in [4.78, 5) is 13.9. The van der Waals surface area contributed by atoms with E-state index in [9.17, 15) is 4.79 Å². The number of carbonyl (C=O) groups is 1. The molecule has 2 atom stereocenters. The summed E-state index contributed by atoms with van der Waals surface area (Å²) in [5, 5.41) is 3.30. The van der Waals surface area contributed by atoms with Crippen molar-refractivity contribution in [3.63, 3.8) is 0 Å². The number of likely N-dealkylation sites (N-methyl/N-ethyl adjacent to an activating group) is 1. The van der Waals surface area contributed by atoms with E-state index in [-0.39, 0.29) is 5.91 Å². The minimum Gasteiger partial charge on any atom is -0.378 e. The molecule has 2 unspecified atom stereocenters. The van der Waals surface area contributed by atoms with Gasteiger partial charge in [0.2, 0.25) is 5.91 Å². The van der Waals surface area contributed by atoms with Gasteiger partial charge in [0.1, 0.15) is 0 Å².